The zero-order valence-electron chi connectivity index (χ0n) is 18.9. The van der Waals surface area contributed by atoms with Gasteiger partial charge >= 0.3 is 0 Å². The zero-order valence-corrected chi connectivity index (χ0v) is 20.5. The predicted molar refractivity (Wildman–Crippen MR) is 135 cm³/mol. The largest absolute Gasteiger partial charge is 0.494 e. The van der Waals surface area contributed by atoms with Gasteiger partial charge in [-0.15, -0.1) is 0 Å². The monoisotopic (exact) mass is 511 g/mol. The Morgan fingerprint density at radius 3 is 2.54 bits per heavy atom. The molecule has 2 aromatic rings. The minimum absolute atomic E-state index is 0.0827. The molecule has 1 saturated heterocycles. The van der Waals surface area contributed by atoms with E-state index in [1.54, 1.807) is 6.08 Å². The number of nitriles is 1. The lowest BCUT2D eigenvalue weighted by atomic mass is 9.93. The molecule has 1 saturated carbocycles. The van der Waals surface area contributed by atoms with E-state index in [2.05, 4.69) is 0 Å². The van der Waals surface area contributed by atoms with Gasteiger partial charge in [0.2, 0.25) is 5.88 Å². The number of carbonyl (C=O) groups excluding carboxylic acids is 2. The fourth-order valence-electron chi connectivity index (χ4n) is 4.50. The number of hydrogen-bond acceptors (Lipinski definition) is 7. The molecule has 2 heterocycles. The summed E-state index contributed by atoms with van der Waals surface area (Å²) < 4.78 is 14.5. The van der Waals surface area contributed by atoms with Gasteiger partial charge in [0.15, 0.2) is 5.78 Å². The van der Waals surface area contributed by atoms with Crippen LogP contribution in [0.2, 0.25) is 0 Å². The molecule has 7 nitrogen and oxygen atoms in total. The molecule has 35 heavy (non-hydrogen) atoms. The van der Waals surface area contributed by atoms with E-state index in [4.69, 9.17) is 12.2 Å². The number of halogens is 1. The number of benzene rings is 1. The van der Waals surface area contributed by atoms with Gasteiger partial charge in [0, 0.05) is 6.04 Å². The molecule has 10 heteroatoms. The fourth-order valence-corrected chi connectivity index (χ4v) is 5.76. The van der Waals surface area contributed by atoms with Crippen LogP contribution in [0.3, 0.4) is 0 Å². The van der Waals surface area contributed by atoms with Crippen LogP contribution in [-0.2, 0) is 4.79 Å². The van der Waals surface area contributed by atoms with Crippen LogP contribution in [-0.4, -0.2) is 37.1 Å². The van der Waals surface area contributed by atoms with Gasteiger partial charge in [0.1, 0.15) is 21.8 Å². The van der Waals surface area contributed by atoms with Crippen molar-refractivity contribution in [1.29, 1.82) is 5.26 Å². The lowest BCUT2D eigenvalue weighted by Crippen LogP contribution is -2.36. The summed E-state index contributed by atoms with van der Waals surface area (Å²) in [5.74, 6) is -1.99. The van der Waals surface area contributed by atoms with Crippen LogP contribution in [0.4, 0.5) is 4.39 Å². The second-order valence-corrected chi connectivity index (χ2v) is 10.2. The summed E-state index contributed by atoms with van der Waals surface area (Å²) in [5, 5.41) is 20.6. The number of amides is 1. The molecule has 1 aromatic carbocycles. The van der Waals surface area contributed by atoms with Gasteiger partial charge in [0.05, 0.1) is 17.0 Å². The van der Waals surface area contributed by atoms with Crippen molar-refractivity contribution in [3.8, 4) is 11.9 Å². The average Bonchev–Trinajstić information content (AvgIpc) is 3.08. The van der Waals surface area contributed by atoms with Gasteiger partial charge in [-0.3, -0.25) is 23.9 Å². The highest BCUT2D eigenvalue weighted by Crippen LogP contribution is 2.35. The van der Waals surface area contributed by atoms with E-state index in [0.29, 0.717) is 18.4 Å². The number of rotatable bonds is 5. The van der Waals surface area contributed by atoms with Crippen molar-refractivity contribution in [2.75, 3.05) is 6.54 Å². The van der Waals surface area contributed by atoms with Crippen molar-refractivity contribution >= 4 is 46.1 Å². The van der Waals surface area contributed by atoms with Gasteiger partial charge in [-0.05, 0) is 49.1 Å². The molecule has 0 radical (unpaired) electrons. The second kappa shape index (κ2) is 10.1. The topological polar surface area (TPSA) is 103 Å². The van der Waals surface area contributed by atoms with E-state index in [1.807, 2.05) is 6.07 Å². The van der Waals surface area contributed by atoms with Crippen molar-refractivity contribution in [3.63, 3.8) is 0 Å². The number of thioether (sulfide) groups is 1. The Balaban J connectivity index is 1.66. The van der Waals surface area contributed by atoms with Crippen LogP contribution >= 0.6 is 24.0 Å². The summed E-state index contributed by atoms with van der Waals surface area (Å²) in [6.07, 6.45) is 5.67. The molecule has 1 N–H and O–H groups in total. The highest BCUT2D eigenvalue weighted by Gasteiger charge is 2.36. The van der Waals surface area contributed by atoms with Crippen LogP contribution in [0.5, 0.6) is 5.88 Å². The number of Topliss-reactive ketones (excluding diaryl/α,β-unsaturated/α-hetero) is 1. The third-order valence-electron chi connectivity index (χ3n) is 6.31. The summed E-state index contributed by atoms with van der Waals surface area (Å²) in [7, 11) is 0. The molecule has 0 bridgehead atoms. The maximum atomic E-state index is 13.3. The Labute approximate surface area is 210 Å². The minimum Gasteiger partial charge on any atom is -0.494 e. The number of ketones is 1. The third kappa shape index (κ3) is 4.79. The van der Waals surface area contributed by atoms with Gasteiger partial charge < -0.3 is 5.11 Å². The molecule has 2 aliphatic rings. The molecule has 0 atom stereocenters. The smallest absolute Gasteiger partial charge is 0.271 e. The molecule has 0 unspecified atom stereocenters. The normalized spacial score (nSPS) is 17.7. The molecule has 1 aromatic heterocycles. The highest BCUT2D eigenvalue weighted by molar-refractivity contribution is 8.26. The molecule has 4 rings (SSSR count). The van der Waals surface area contributed by atoms with E-state index in [9.17, 15) is 29.1 Å². The molecule has 2 fully saturated rings. The van der Waals surface area contributed by atoms with Gasteiger partial charge in [0.25, 0.3) is 11.5 Å². The molecule has 180 valence electrons. The van der Waals surface area contributed by atoms with Crippen molar-refractivity contribution in [3.05, 3.63) is 67.6 Å². The van der Waals surface area contributed by atoms with Crippen LogP contribution in [0.1, 0.15) is 65.2 Å². The van der Waals surface area contributed by atoms with Crippen LogP contribution in [0, 0.1) is 24.1 Å². The van der Waals surface area contributed by atoms with Gasteiger partial charge in [-0.1, -0.05) is 55.4 Å². The third-order valence-corrected chi connectivity index (χ3v) is 7.69. The highest BCUT2D eigenvalue weighted by atomic mass is 32.2. The maximum Gasteiger partial charge on any atom is 0.271 e. The summed E-state index contributed by atoms with van der Waals surface area (Å²) in [5.41, 5.74) is -0.273. The zero-order chi connectivity index (χ0) is 25.3. The van der Waals surface area contributed by atoms with Gasteiger partial charge in [-0.2, -0.15) is 5.26 Å². The number of aromatic hydroxyl groups is 1. The first-order chi connectivity index (χ1) is 16.7. The first-order valence-electron chi connectivity index (χ1n) is 11.1. The van der Waals surface area contributed by atoms with Crippen LogP contribution < -0.4 is 5.56 Å². The van der Waals surface area contributed by atoms with E-state index in [-0.39, 0.29) is 32.0 Å². The Morgan fingerprint density at radius 2 is 1.91 bits per heavy atom. The van der Waals surface area contributed by atoms with E-state index in [0.717, 1.165) is 40.5 Å². The quantitative estimate of drug-likeness (QED) is 0.359. The minimum atomic E-state index is -0.625. The number of carbonyl (C=O) groups is 2. The molecule has 1 aliphatic heterocycles. The maximum absolute atomic E-state index is 13.3. The number of nitrogens with zero attached hydrogens (tertiary/aromatic N) is 3. The van der Waals surface area contributed by atoms with E-state index in [1.165, 1.54) is 31.2 Å². The summed E-state index contributed by atoms with van der Waals surface area (Å²) in [4.78, 5) is 40.7. The van der Waals surface area contributed by atoms with Crippen molar-refractivity contribution in [2.45, 2.75) is 45.1 Å². The van der Waals surface area contributed by atoms with Crippen molar-refractivity contribution in [1.82, 2.24) is 9.47 Å². The summed E-state index contributed by atoms with van der Waals surface area (Å²) >= 11 is 6.32. The number of hydrogen-bond donors (Lipinski definition) is 1. The van der Waals surface area contributed by atoms with Crippen LogP contribution in [0.15, 0.2) is 34.0 Å². The Hall–Kier alpha value is -3.29. The van der Waals surface area contributed by atoms with E-state index >= 15 is 0 Å². The lowest BCUT2D eigenvalue weighted by Gasteiger charge is -2.26. The first kappa shape index (κ1) is 24.8. The molecular weight excluding hydrogens is 489 g/mol. The lowest BCUT2D eigenvalue weighted by molar-refractivity contribution is -0.121. The Kier molecular flexibility index (Phi) is 7.19. The Morgan fingerprint density at radius 1 is 1.26 bits per heavy atom. The predicted octanol–water partition coefficient (Wildman–Crippen LogP) is 4.46. The van der Waals surface area contributed by atoms with Crippen LogP contribution in [0.25, 0.3) is 6.08 Å². The first-order valence-corrected chi connectivity index (χ1v) is 12.4. The SMILES string of the molecule is Cc1c(C(=O)CN2C(=O)/C(=C/c3ccc(F)cc3)SC2=S)c(O)n(C2CCCCC2)c(=O)c1C#N. The van der Waals surface area contributed by atoms with Crippen molar-refractivity contribution < 1.29 is 19.1 Å². The summed E-state index contributed by atoms with van der Waals surface area (Å²) in [6, 6.07) is 7.16. The molecule has 1 amide bonds. The molecule has 1 aliphatic carbocycles. The van der Waals surface area contributed by atoms with E-state index < -0.39 is 35.5 Å². The number of thiocarbonyl (C=S) groups is 1. The molecule has 0 spiro atoms. The number of pyridine rings is 1. The van der Waals surface area contributed by atoms with Crippen molar-refractivity contribution in [2.24, 2.45) is 0 Å². The fraction of sp³-hybridized carbons (Fsp3) is 0.320. The van der Waals surface area contributed by atoms with Gasteiger partial charge in [-0.25, -0.2) is 4.39 Å². The standard InChI is InChI=1S/C25H22FN3O4S2/c1-14-18(12-27)22(31)29(17-5-3-2-4-6-17)24(33)21(14)19(30)13-28-23(32)20(35-25(28)34)11-15-7-9-16(26)10-8-15/h7-11,17,33H,2-6,13H2,1H3/b20-11-. The Bertz CT molecular complexity index is 1350. The second-order valence-electron chi connectivity index (χ2n) is 8.52. The number of aromatic nitrogens is 1. The summed E-state index contributed by atoms with van der Waals surface area (Å²) in [6.45, 7) is 0.990. The molecular formula is C25H22FN3O4S2. The average molecular weight is 512 g/mol.